The predicted octanol–water partition coefficient (Wildman–Crippen LogP) is 2.16. The van der Waals surface area contributed by atoms with Gasteiger partial charge in [-0.05, 0) is 36.8 Å². The molecule has 3 amide bonds. The SMILES string of the molecule is C=CCOC(=O)[C@H](CO[C@@H](C)[C@H](C(=O)OC)N1C(=O)c2ccccc2C1=O)NC(=O)OCc1ccc([N+](=O)[O-])cc1. The number of nitro benzene ring substituents is 1. The van der Waals surface area contributed by atoms with Crippen molar-refractivity contribution in [2.75, 3.05) is 20.3 Å². The maximum atomic E-state index is 13.0. The molecule has 0 fully saturated rings. The van der Waals surface area contributed by atoms with Crippen LogP contribution in [0.2, 0.25) is 0 Å². The van der Waals surface area contributed by atoms with Gasteiger partial charge in [0.15, 0.2) is 12.1 Å². The first kappa shape index (κ1) is 30.4. The summed E-state index contributed by atoms with van der Waals surface area (Å²) in [5.41, 5.74) is 0.535. The average molecular weight is 570 g/mol. The molecule has 1 aliphatic rings. The molecule has 2 aromatic carbocycles. The second kappa shape index (κ2) is 13.8. The lowest BCUT2D eigenvalue weighted by molar-refractivity contribution is -0.384. The van der Waals surface area contributed by atoms with Crippen LogP contribution in [0.3, 0.4) is 0 Å². The monoisotopic (exact) mass is 569 g/mol. The highest BCUT2D eigenvalue weighted by atomic mass is 16.6. The number of alkyl carbamates (subject to hydrolysis) is 1. The number of imide groups is 1. The summed E-state index contributed by atoms with van der Waals surface area (Å²) >= 11 is 0. The summed E-state index contributed by atoms with van der Waals surface area (Å²) in [6.07, 6.45) is -0.914. The zero-order chi connectivity index (χ0) is 30.1. The Morgan fingerprint density at radius 1 is 1.02 bits per heavy atom. The molecule has 216 valence electrons. The molecule has 14 heteroatoms. The van der Waals surface area contributed by atoms with Crippen molar-refractivity contribution in [2.24, 2.45) is 0 Å². The number of nitrogens with zero attached hydrogens (tertiary/aromatic N) is 2. The highest BCUT2D eigenvalue weighted by Gasteiger charge is 2.46. The molecule has 0 aromatic heterocycles. The topological polar surface area (TPSA) is 181 Å². The van der Waals surface area contributed by atoms with Gasteiger partial charge in [0.25, 0.3) is 17.5 Å². The molecular weight excluding hydrogens is 542 g/mol. The van der Waals surface area contributed by atoms with E-state index in [1.54, 1.807) is 12.1 Å². The lowest BCUT2D eigenvalue weighted by Crippen LogP contribution is -2.53. The van der Waals surface area contributed by atoms with Gasteiger partial charge in [-0.1, -0.05) is 24.8 Å². The third-order valence-electron chi connectivity index (χ3n) is 5.95. The lowest BCUT2D eigenvalue weighted by atomic mass is 10.1. The van der Waals surface area contributed by atoms with E-state index in [2.05, 4.69) is 11.9 Å². The Balaban J connectivity index is 1.69. The van der Waals surface area contributed by atoms with Crippen molar-refractivity contribution in [1.82, 2.24) is 10.2 Å². The molecule has 3 atom stereocenters. The summed E-state index contributed by atoms with van der Waals surface area (Å²) in [5, 5.41) is 13.1. The van der Waals surface area contributed by atoms with Crippen molar-refractivity contribution >= 4 is 35.5 Å². The number of carbonyl (C=O) groups is 5. The van der Waals surface area contributed by atoms with Gasteiger partial charge in [-0.3, -0.25) is 24.6 Å². The van der Waals surface area contributed by atoms with Gasteiger partial charge in [0.2, 0.25) is 0 Å². The Morgan fingerprint density at radius 2 is 1.63 bits per heavy atom. The van der Waals surface area contributed by atoms with Gasteiger partial charge in [-0.2, -0.15) is 0 Å². The minimum absolute atomic E-state index is 0.113. The van der Waals surface area contributed by atoms with Crippen molar-refractivity contribution in [3.63, 3.8) is 0 Å². The van der Waals surface area contributed by atoms with Crippen LogP contribution >= 0.6 is 0 Å². The third-order valence-corrected chi connectivity index (χ3v) is 5.95. The number of carbonyl (C=O) groups excluding carboxylic acids is 5. The molecule has 1 heterocycles. The van der Waals surface area contributed by atoms with Gasteiger partial charge in [0.05, 0.1) is 35.9 Å². The number of hydrogen-bond acceptors (Lipinski definition) is 11. The van der Waals surface area contributed by atoms with Crippen LogP contribution in [-0.2, 0) is 35.1 Å². The van der Waals surface area contributed by atoms with Crippen LogP contribution in [0, 0.1) is 10.1 Å². The maximum Gasteiger partial charge on any atom is 0.408 e. The normalized spacial score (nSPS) is 14.3. The van der Waals surface area contributed by atoms with Gasteiger partial charge in [-0.15, -0.1) is 0 Å². The maximum absolute atomic E-state index is 13.0. The van der Waals surface area contributed by atoms with E-state index in [0.717, 1.165) is 12.0 Å². The van der Waals surface area contributed by atoms with E-state index < -0.39 is 59.6 Å². The lowest BCUT2D eigenvalue weighted by Gasteiger charge is -2.29. The molecule has 3 rings (SSSR count). The minimum Gasteiger partial charge on any atom is -0.467 e. The molecule has 1 N–H and O–H groups in total. The van der Waals surface area contributed by atoms with Crippen molar-refractivity contribution in [2.45, 2.75) is 31.7 Å². The summed E-state index contributed by atoms with van der Waals surface area (Å²) in [6, 6.07) is 8.41. The first-order chi connectivity index (χ1) is 19.6. The number of amides is 3. The third kappa shape index (κ3) is 7.30. The highest BCUT2D eigenvalue weighted by Crippen LogP contribution is 2.27. The molecule has 0 unspecified atom stereocenters. The molecule has 0 saturated heterocycles. The number of rotatable bonds is 13. The molecule has 0 radical (unpaired) electrons. The van der Waals surface area contributed by atoms with E-state index in [-0.39, 0.29) is 30.0 Å². The standard InChI is InChI=1S/C27H27N3O11/c1-4-13-39-25(33)21(28-27(35)41-14-17-9-11-18(12-10-17)30(36)37)15-40-16(2)22(26(34)38-3)29-23(31)19-7-5-6-8-20(19)24(29)32/h4-12,16,21-22H,1,13-15H2,2-3H3,(H,28,35)/t16-,21-,22+/m0/s1. The zero-order valence-corrected chi connectivity index (χ0v) is 22.1. The Hall–Kier alpha value is -5.11. The van der Waals surface area contributed by atoms with Crippen molar-refractivity contribution in [1.29, 1.82) is 0 Å². The zero-order valence-electron chi connectivity index (χ0n) is 22.1. The summed E-state index contributed by atoms with van der Waals surface area (Å²) in [4.78, 5) is 74.6. The summed E-state index contributed by atoms with van der Waals surface area (Å²) < 4.78 is 20.6. The van der Waals surface area contributed by atoms with Crippen LogP contribution in [0.4, 0.5) is 10.5 Å². The molecular formula is C27H27N3O11. The molecule has 0 bridgehead atoms. The number of methoxy groups -OCH3 is 1. The number of nitro groups is 1. The van der Waals surface area contributed by atoms with Gasteiger partial charge in [0, 0.05) is 12.1 Å². The number of fused-ring (bicyclic) bond motifs is 1. The largest absolute Gasteiger partial charge is 0.467 e. The summed E-state index contributed by atoms with van der Waals surface area (Å²) in [5.74, 6) is -3.29. The van der Waals surface area contributed by atoms with E-state index in [1.807, 2.05) is 0 Å². The van der Waals surface area contributed by atoms with E-state index in [9.17, 15) is 34.1 Å². The van der Waals surface area contributed by atoms with E-state index >= 15 is 0 Å². The van der Waals surface area contributed by atoms with Gasteiger partial charge in [-0.25, -0.2) is 14.4 Å². The molecule has 41 heavy (non-hydrogen) atoms. The Labute approximate surface area is 233 Å². The van der Waals surface area contributed by atoms with Gasteiger partial charge < -0.3 is 24.3 Å². The number of benzene rings is 2. The number of hydrogen-bond donors (Lipinski definition) is 1. The smallest absolute Gasteiger partial charge is 0.408 e. The van der Waals surface area contributed by atoms with E-state index in [1.165, 1.54) is 49.4 Å². The second-order valence-corrected chi connectivity index (χ2v) is 8.65. The van der Waals surface area contributed by atoms with Crippen LogP contribution in [0.1, 0.15) is 33.2 Å². The summed E-state index contributed by atoms with van der Waals surface area (Å²) in [7, 11) is 1.08. The van der Waals surface area contributed by atoms with Crippen LogP contribution in [0.25, 0.3) is 0 Å². The summed E-state index contributed by atoms with van der Waals surface area (Å²) in [6.45, 7) is 3.86. The van der Waals surface area contributed by atoms with Crippen LogP contribution in [-0.4, -0.2) is 78.2 Å². The van der Waals surface area contributed by atoms with Crippen molar-refractivity contribution in [3.8, 4) is 0 Å². The van der Waals surface area contributed by atoms with Crippen LogP contribution < -0.4 is 5.32 Å². The van der Waals surface area contributed by atoms with Gasteiger partial charge in [0.1, 0.15) is 13.2 Å². The number of esters is 2. The van der Waals surface area contributed by atoms with E-state index in [0.29, 0.717) is 5.56 Å². The van der Waals surface area contributed by atoms with Gasteiger partial charge >= 0.3 is 18.0 Å². The first-order valence-electron chi connectivity index (χ1n) is 12.2. The average Bonchev–Trinajstić information content (AvgIpc) is 3.22. The fourth-order valence-corrected chi connectivity index (χ4v) is 3.88. The van der Waals surface area contributed by atoms with Crippen LogP contribution in [0.5, 0.6) is 0 Å². The second-order valence-electron chi connectivity index (χ2n) is 8.65. The quantitative estimate of drug-likeness (QED) is 0.0932. The molecule has 1 aliphatic heterocycles. The Morgan fingerprint density at radius 3 is 2.17 bits per heavy atom. The highest BCUT2D eigenvalue weighted by molar-refractivity contribution is 6.22. The van der Waals surface area contributed by atoms with Crippen molar-refractivity contribution < 1.29 is 47.8 Å². The number of ether oxygens (including phenoxy) is 4. The first-order valence-corrected chi connectivity index (χ1v) is 12.2. The number of nitrogens with one attached hydrogen (secondary N) is 1. The van der Waals surface area contributed by atoms with E-state index in [4.69, 9.17) is 18.9 Å². The molecule has 0 aliphatic carbocycles. The molecule has 0 spiro atoms. The molecule has 0 saturated carbocycles. The fraction of sp³-hybridized carbons (Fsp3) is 0.296. The number of non-ortho nitro benzene ring substituents is 1. The Kier molecular flexibility index (Phi) is 10.2. The molecule has 2 aromatic rings. The fourth-order valence-electron chi connectivity index (χ4n) is 3.88. The van der Waals surface area contributed by atoms with Crippen LogP contribution in [0.15, 0.2) is 61.2 Å². The minimum atomic E-state index is -1.51. The molecule has 14 nitrogen and oxygen atoms in total. The predicted molar refractivity (Wildman–Crippen MR) is 140 cm³/mol. The van der Waals surface area contributed by atoms with Crippen molar-refractivity contribution in [3.05, 3.63) is 88.0 Å². The Bertz CT molecular complexity index is 1310.